The Labute approximate surface area is 139 Å². The molecule has 3 heterocycles. The lowest BCUT2D eigenvalue weighted by Gasteiger charge is -2.33. The average molecular weight is 322 g/mol. The zero-order chi connectivity index (χ0) is 16.5. The van der Waals surface area contributed by atoms with E-state index in [9.17, 15) is 5.11 Å². The van der Waals surface area contributed by atoms with Gasteiger partial charge in [-0.05, 0) is 25.1 Å². The normalized spacial score (nSPS) is 18.0. The van der Waals surface area contributed by atoms with Crippen LogP contribution in [0.2, 0.25) is 0 Å². The lowest BCUT2D eigenvalue weighted by molar-refractivity contribution is 0.0532. The molecule has 0 spiro atoms. The maximum atomic E-state index is 10.1. The predicted molar refractivity (Wildman–Crippen MR) is 92.1 cm³/mol. The molecule has 0 unspecified atom stereocenters. The van der Waals surface area contributed by atoms with E-state index in [-0.39, 0.29) is 12.0 Å². The first-order valence-electron chi connectivity index (χ1n) is 7.98. The molecule has 1 N–H and O–H groups in total. The monoisotopic (exact) mass is 322 g/mol. The molecule has 3 aromatic rings. The van der Waals surface area contributed by atoms with Crippen LogP contribution in [0, 0.1) is 0 Å². The zero-order valence-electron chi connectivity index (χ0n) is 13.4. The van der Waals surface area contributed by atoms with Gasteiger partial charge in [-0.2, -0.15) is 0 Å². The van der Waals surface area contributed by atoms with E-state index in [1.54, 1.807) is 12.4 Å². The van der Waals surface area contributed by atoms with Gasteiger partial charge < -0.3 is 14.7 Å². The summed E-state index contributed by atoms with van der Waals surface area (Å²) < 4.78 is 5.58. The first-order valence-corrected chi connectivity index (χ1v) is 7.98. The lowest BCUT2D eigenvalue weighted by atomic mass is 10.1. The third-order valence-electron chi connectivity index (χ3n) is 4.21. The molecular formula is C18H18N4O2. The van der Waals surface area contributed by atoms with Crippen LogP contribution >= 0.6 is 0 Å². The van der Waals surface area contributed by atoms with Gasteiger partial charge in [0.15, 0.2) is 5.52 Å². The van der Waals surface area contributed by atoms with Crippen molar-refractivity contribution in [1.29, 1.82) is 0 Å². The molecule has 0 amide bonds. The number of pyridine rings is 1. The Bertz CT molecular complexity index is 867. The van der Waals surface area contributed by atoms with Gasteiger partial charge in [0.25, 0.3) is 0 Å². The Kier molecular flexibility index (Phi) is 3.74. The van der Waals surface area contributed by atoms with Gasteiger partial charge in [-0.3, -0.25) is 4.98 Å². The number of nitrogens with zero attached hydrogens (tertiary/aromatic N) is 4. The number of anilines is 1. The molecule has 1 saturated heterocycles. The molecule has 1 aliphatic heterocycles. The predicted octanol–water partition coefficient (Wildman–Crippen LogP) is 2.62. The molecule has 122 valence electrons. The fraction of sp³-hybridized carbons (Fsp3) is 0.278. The average Bonchev–Trinajstić information content (AvgIpc) is 2.62. The van der Waals surface area contributed by atoms with E-state index < -0.39 is 0 Å². The molecule has 4 rings (SSSR count). The lowest BCUT2D eigenvalue weighted by Crippen LogP contribution is -2.41. The van der Waals surface area contributed by atoms with Crippen LogP contribution in [0.15, 0.2) is 42.7 Å². The van der Waals surface area contributed by atoms with Crippen molar-refractivity contribution in [3.8, 4) is 17.1 Å². The van der Waals surface area contributed by atoms with E-state index >= 15 is 0 Å². The fourth-order valence-electron chi connectivity index (χ4n) is 3.00. The quantitative estimate of drug-likeness (QED) is 0.782. The van der Waals surface area contributed by atoms with Gasteiger partial charge in [0, 0.05) is 36.7 Å². The summed E-state index contributed by atoms with van der Waals surface area (Å²) in [6, 6.07) is 10.0. The summed E-state index contributed by atoms with van der Waals surface area (Å²) in [5, 5.41) is 10.1. The van der Waals surface area contributed by atoms with Crippen LogP contribution < -0.4 is 4.90 Å². The number of hydrogen-bond acceptors (Lipinski definition) is 6. The minimum atomic E-state index is -0.0957. The van der Waals surface area contributed by atoms with E-state index in [4.69, 9.17) is 4.74 Å². The van der Waals surface area contributed by atoms with Gasteiger partial charge in [0.05, 0.1) is 23.9 Å². The van der Waals surface area contributed by atoms with E-state index in [0.717, 1.165) is 25.3 Å². The van der Waals surface area contributed by atoms with Crippen LogP contribution in [-0.4, -0.2) is 45.9 Å². The number of benzene rings is 1. The number of fused-ring (bicyclic) bond motifs is 1. The number of ether oxygens (including phenoxy) is 1. The SMILES string of the molecule is C[C@@H]1CN(c2ccc(-c3cc4nccnc4c(O)n3)cc2)CCO1. The molecule has 0 saturated carbocycles. The Morgan fingerprint density at radius 2 is 1.96 bits per heavy atom. The first-order chi connectivity index (χ1) is 11.7. The van der Waals surface area contributed by atoms with Gasteiger partial charge in [0.2, 0.25) is 5.88 Å². The van der Waals surface area contributed by atoms with Crippen molar-refractivity contribution < 1.29 is 9.84 Å². The number of aromatic hydroxyl groups is 1. The third kappa shape index (κ3) is 2.76. The van der Waals surface area contributed by atoms with Gasteiger partial charge in [-0.1, -0.05) is 12.1 Å². The van der Waals surface area contributed by atoms with Crippen LogP contribution in [0.25, 0.3) is 22.3 Å². The Morgan fingerprint density at radius 1 is 1.17 bits per heavy atom. The van der Waals surface area contributed by atoms with Crippen molar-refractivity contribution in [2.75, 3.05) is 24.6 Å². The molecule has 6 heteroatoms. The van der Waals surface area contributed by atoms with Gasteiger partial charge in [0.1, 0.15) is 0 Å². The van der Waals surface area contributed by atoms with Gasteiger partial charge in [-0.15, -0.1) is 0 Å². The second-order valence-electron chi connectivity index (χ2n) is 5.93. The first kappa shape index (κ1) is 14.8. The van der Waals surface area contributed by atoms with Gasteiger partial charge >= 0.3 is 0 Å². The second-order valence-corrected chi connectivity index (χ2v) is 5.93. The standard InChI is InChI=1S/C18H18N4O2/c1-12-11-22(8-9-24-12)14-4-2-13(3-5-14)15-10-16-17(18(23)21-15)20-7-6-19-16/h2-7,10,12H,8-9,11H2,1H3,(H,21,23)/t12-/m1/s1. The summed E-state index contributed by atoms with van der Waals surface area (Å²) in [5.41, 5.74) is 3.83. The molecule has 24 heavy (non-hydrogen) atoms. The Hall–Kier alpha value is -2.73. The molecule has 0 radical (unpaired) electrons. The third-order valence-corrected chi connectivity index (χ3v) is 4.21. The highest BCUT2D eigenvalue weighted by Crippen LogP contribution is 2.27. The number of morpholine rings is 1. The number of rotatable bonds is 2. The van der Waals surface area contributed by atoms with Crippen molar-refractivity contribution in [3.63, 3.8) is 0 Å². The zero-order valence-corrected chi connectivity index (χ0v) is 13.4. The molecule has 0 bridgehead atoms. The molecule has 1 atom stereocenters. The van der Waals surface area contributed by atoms with Crippen molar-refractivity contribution in [2.45, 2.75) is 13.0 Å². The van der Waals surface area contributed by atoms with Crippen molar-refractivity contribution >= 4 is 16.7 Å². The van der Waals surface area contributed by atoms with Crippen LogP contribution in [0.3, 0.4) is 0 Å². The maximum absolute atomic E-state index is 10.1. The highest BCUT2D eigenvalue weighted by atomic mass is 16.5. The smallest absolute Gasteiger partial charge is 0.240 e. The van der Waals surface area contributed by atoms with Gasteiger partial charge in [-0.25, -0.2) is 9.97 Å². The van der Waals surface area contributed by atoms with Crippen molar-refractivity contribution in [2.24, 2.45) is 0 Å². The molecular weight excluding hydrogens is 304 g/mol. The highest BCUT2D eigenvalue weighted by molar-refractivity contribution is 5.83. The summed E-state index contributed by atoms with van der Waals surface area (Å²) in [7, 11) is 0. The largest absolute Gasteiger partial charge is 0.492 e. The van der Waals surface area contributed by atoms with Crippen LogP contribution in [0.4, 0.5) is 5.69 Å². The summed E-state index contributed by atoms with van der Waals surface area (Å²) in [4.78, 5) is 14.9. The van der Waals surface area contributed by atoms with Crippen molar-refractivity contribution in [1.82, 2.24) is 15.0 Å². The van der Waals surface area contributed by atoms with E-state index in [2.05, 4.69) is 38.9 Å². The molecule has 2 aromatic heterocycles. The fourth-order valence-corrected chi connectivity index (χ4v) is 3.00. The number of aromatic nitrogens is 3. The summed E-state index contributed by atoms with van der Waals surface area (Å²) in [6.45, 7) is 4.63. The minimum Gasteiger partial charge on any atom is -0.492 e. The highest BCUT2D eigenvalue weighted by Gasteiger charge is 2.17. The van der Waals surface area contributed by atoms with E-state index in [1.165, 1.54) is 5.69 Å². The minimum absolute atomic E-state index is 0.0957. The van der Waals surface area contributed by atoms with Crippen LogP contribution in [-0.2, 0) is 4.74 Å². The number of hydrogen-bond donors (Lipinski definition) is 1. The summed E-state index contributed by atoms with van der Waals surface area (Å²) >= 11 is 0. The molecule has 6 nitrogen and oxygen atoms in total. The van der Waals surface area contributed by atoms with Crippen LogP contribution in [0.1, 0.15) is 6.92 Å². The molecule has 1 aromatic carbocycles. The maximum Gasteiger partial charge on any atom is 0.240 e. The van der Waals surface area contributed by atoms with E-state index in [1.807, 2.05) is 18.2 Å². The Balaban J connectivity index is 1.65. The van der Waals surface area contributed by atoms with Crippen LogP contribution in [0.5, 0.6) is 5.88 Å². The molecule has 1 aliphatic rings. The van der Waals surface area contributed by atoms with E-state index in [0.29, 0.717) is 16.7 Å². The summed E-state index contributed by atoms with van der Waals surface area (Å²) in [6.07, 6.45) is 3.39. The van der Waals surface area contributed by atoms with Crippen molar-refractivity contribution in [3.05, 3.63) is 42.7 Å². The second kappa shape index (κ2) is 6.05. The summed E-state index contributed by atoms with van der Waals surface area (Å²) in [5.74, 6) is -0.0957. The molecule has 1 fully saturated rings. The Morgan fingerprint density at radius 3 is 2.75 bits per heavy atom. The molecule has 0 aliphatic carbocycles. The topological polar surface area (TPSA) is 71.4 Å².